The summed E-state index contributed by atoms with van der Waals surface area (Å²) in [7, 11) is -3.68. The molecule has 0 aliphatic heterocycles. The fourth-order valence-electron chi connectivity index (χ4n) is 3.03. The second-order valence-corrected chi connectivity index (χ2v) is 9.64. The lowest BCUT2D eigenvalue weighted by atomic mass is 10.2. The summed E-state index contributed by atoms with van der Waals surface area (Å²) < 4.78 is 43.3. The Morgan fingerprint density at radius 3 is 2.59 bits per heavy atom. The number of nitrogens with one attached hydrogen (secondary N) is 2. The number of halogens is 1. The van der Waals surface area contributed by atoms with E-state index in [9.17, 15) is 17.6 Å². The molecule has 7 nitrogen and oxygen atoms in total. The van der Waals surface area contributed by atoms with Crippen LogP contribution in [0.2, 0.25) is 0 Å². The first-order chi connectivity index (χ1) is 15.4. The normalized spacial score (nSPS) is 11.4. The molecule has 2 aromatic carbocycles. The molecule has 10 heteroatoms. The number of sulfonamides is 1. The number of aromatic nitrogens is 2. The van der Waals surface area contributed by atoms with Gasteiger partial charge in [0.25, 0.3) is 5.91 Å². The number of nitrogens with zero attached hydrogens (tertiary/aromatic N) is 2. The third-order valence-electron chi connectivity index (χ3n) is 4.66. The van der Waals surface area contributed by atoms with Crippen LogP contribution in [0.3, 0.4) is 0 Å². The van der Waals surface area contributed by atoms with Crippen molar-refractivity contribution in [2.75, 3.05) is 11.9 Å². The number of benzene rings is 2. The van der Waals surface area contributed by atoms with Crippen LogP contribution in [0.15, 0.2) is 83.6 Å². The molecule has 2 N–H and O–H groups in total. The van der Waals surface area contributed by atoms with Crippen molar-refractivity contribution >= 4 is 33.0 Å². The van der Waals surface area contributed by atoms with E-state index >= 15 is 0 Å². The largest absolute Gasteiger partial charge is 0.322 e. The smallest absolute Gasteiger partial charge is 0.255 e. The molecule has 0 saturated heterocycles. The van der Waals surface area contributed by atoms with Crippen molar-refractivity contribution in [1.82, 2.24) is 14.3 Å². The van der Waals surface area contributed by atoms with Gasteiger partial charge in [-0.1, -0.05) is 6.07 Å². The summed E-state index contributed by atoms with van der Waals surface area (Å²) in [6, 6.07) is 13.7. The van der Waals surface area contributed by atoms with E-state index in [0.717, 1.165) is 4.88 Å². The van der Waals surface area contributed by atoms with Crippen molar-refractivity contribution < 1.29 is 17.6 Å². The fraction of sp³-hybridized carbons (Fsp3) is 0.0909. The molecule has 0 fully saturated rings. The van der Waals surface area contributed by atoms with Gasteiger partial charge in [-0.2, -0.15) is 0 Å². The van der Waals surface area contributed by atoms with E-state index < -0.39 is 21.7 Å². The Labute approximate surface area is 188 Å². The van der Waals surface area contributed by atoms with Gasteiger partial charge in [-0.25, -0.2) is 22.5 Å². The van der Waals surface area contributed by atoms with Gasteiger partial charge >= 0.3 is 0 Å². The molecule has 0 atom stereocenters. The predicted molar refractivity (Wildman–Crippen MR) is 121 cm³/mol. The molecule has 0 radical (unpaired) electrons. The Morgan fingerprint density at radius 1 is 1.12 bits per heavy atom. The highest BCUT2D eigenvalue weighted by atomic mass is 32.2. The van der Waals surface area contributed by atoms with Gasteiger partial charge in [-0.3, -0.25) is 4.79 Å². The Hall–Kier alpha value is -3.34. The fourth-order valence-corrected chi connectivity index (χ4v) is 4.77. The molecule has 0 saturated carbocycles. The minimum Gasteiger partial charge on any atom is -0.322 e. The first kappa shape index (κ1) is 21.9. The van der Waals surface area contributed by atoms with Gasteiger partial charge in [-0.15, -0.1) is 11.3 Å². The standard InChI is InChI=1S/C22H19FN4O3S2/c23-20-14-17(5-8-21(20)27-12-11-24-15-27)26-22(28)16-3-6-19(7-4-16)32(29,30)25-10-9-18-2-1-13-31-18/h1-8,11-15,25H,9-10H2,(H,26,28). The zero-order chi connectivity index (χ0) is 22.6. The van der Waals surface area contributed by atoms with Crippen molar-refractivity contribution in [2.45, 2.75) is 11.3 Å². The summed E-state index contributed by atoms with van der Waals surface area (Å²) in [6.07, 6.45) is 5.23. The highest BCUT2D eigenvalue weighted by Gasteiger charge is 2.15. The zero-order valence-electron chi connectivity index (χ0n) is 16.7. The number of amides is 1. The van der Waals surface area contributed by atoms with Gasteiger partial charge in [-0.05, 0) is 60.3 Å². The number of thiophene rings is 1. The van der Waals surface area contributed by atoms with Crippen molar-refractivity contribution in [3.63, 3.8) is 0 Å². The molecule has 2 heterocycles. The van der Waals surface area contributed by atoms with E-state index in [4.69, 9.17) is 0 Å². The van der Waals surface area contributed by atoms with E-state index in [1.807, 2.05) is 17.5 Å². The van der Waals surface area contributed by atoms with Crippen LogP contribution in [0.4, 0.5) is 10.1 Å². The first-order valence-corrected chi connectivity index (χ1v) is 12.0. The maximum absolute atomic E-state index is 14.4. The number of carbonyl (C=O) groups excluding carboxylic acids is 1. The molecule has 32 heavy (non-hydrogen) atoms. The Morgan fingerprint density at radius 2 is 1.94 bits per heavy atom. The van der Waals surface area contributed by atoms with Crippen LogP contribution in [0.1, 0.15) is 15.2 Å². The lowest BCUT2D eigenvalue weighted by Gasteiger charge is -2.10. The summed E-state index contributed by atoms with van der Waals surface area (Å²) in [6.45, 7) is 0.283. The van der Waals surface area contributed by atoms with Crippen LogP contribution in [-0.4, -0.2) is 30.4 Å². The van der Waals surface area contributed by atoms with Gasteiger partial charge in [0, 0.05) is 35.1 Å². The highest BCUT2D eigenvalue weighted by Crippen LogP contribution is 2.19. The molecule has 4 aromatic rings. The summed E-state index contributed by atoms with van der Waals surface area (Å²) in [5, 5.41) is 4.55. The molecule has 164 valence electrons. The van der Waals surface area contributed by atoms with Crippen molar-refractivity contribution in [3.8, 4) is 5.69 Å². The monoisotopic (exact) mass is 470 g/mol. The quantitative estimate of drug-likeness (QED) is 0.409. The predicted octanol–water partition coefficient (Wildman–Crippen LogP) is 3.85. The third-order valence-corrected chi connectivity index (χ3v) is 7.07. The number of carbonyl (C=O) groups is 1. The maximum atomic E-state index is 14.4. The van der Waals surface area contributed by atoms with E-state index in [1.165, 1.54) is 53.5 Å². The van der Waals surface area contributed by atoms with Crippen LogP contribution in [0, 0.1) is 5.82 Å². The molecular formula is C22H19FN4O3S2. The number of rotatable bonds is 8. The van der Waals surface area contributed by atoms with Gasteiger partial charge in [0.1, 0.15) is 5.82 Å². The molecule has 2 aromatic heterocycles. The Balaban J connectivity index is 1.39. The molecule has 1 amide bonds. The number of hydrogen-bond donors (Lipinski definition) is 2. The first-order valence-electron chi connectivity index (χ1n) is 9.64. The Bertz CT molecular complexity index is 1300. The number of imidazole rings is 1. The highest BCUT2D eigenvalue weighted by molar-refractivity contribution is 7.89. The SMILES string of the molecule is O=C(Nc1ccc(-n2ccnc2)c(F)c1)c1ccc(S(=O)(=O)NCCc2cccs2)cc1. The summed E-state index contributed by atoms with van der Waals surface area (Å²) in [4.78, 5) is 17.5. The second kappa shape index (κ2) is 9.43. The molecule has 4 rings (SSSR count). The van der Waals surface area contributed by atoms with E-state index in [0.29, 0.717) is 12.1 Å². The minimum atomic E-state index is -3.68. The number of anilines is 1. The molecule has 0 spiro atoms. The molecule has 0 aliphatic carbocycles. The van der Waals surface area contributed by atoms with Crippen molar-refractivity contribution in [3.05, 3.63) is 95.0 Å². The number of hydrogen-bond acceptors (Lipinski definition) is 5. The van der Waals surface area contributed by atoms with Crippen LogP contribution in [0.5, 0.6) is 0 Å². The van der Waals surface area contributed by atoms with Gasteiger partial charge in [0.05, 0.1) is 16.9 Å². The Kier molecular flexibility index (Phi) is 6.45. The van der Waals surface area contributed by atoms with Crippen LogP contribution in [0.25, 0.3) is 5.69 Å². The van der Waals surface area contributed by atoms with Crippen molar-refractivity contribution in [2.24, 2.45) is 0 Å². The second-order valence-electron chi connectivity index (χ2n) is 6.84. The van der Waals surface area contributed by atoms with Gasteiger partial charge in [0.2, 0.25) is 10.0 Å². The maximum Gasteiger partial charge on any atom is 0.255 e. The van der Waals surface area contributed by atoms with Crippen molar-refractivity contribution in [1.29, 1.82) is 0 Å². The lowest BCUT2D eigenvalue weighted by molar-refractivity contribution is 0.102. The average molecular weight is 471 g/mol. The third kappa shape index (κ3) is 5.10. The van der Waals surface area contributed by atoms with Crippen LogP contribution in [-0.2, 0) is 16.4 Å². The van der Waals surface area contributed by atoms with Gasteiger partial charge in [0.15, 0.2) is 0 Å². The zero-order valence-corrected chi connectivity index (χ0v) is 18.4. The van der Waals surface area contributed by atoms with E-state index in [-0.39, 0.29) is 22.7 Å². The van der Waals surface area contributed by atoms with E-state index in [2.05, 4.69) is 15.0 Å². The summed E-state index contributed by atoms with van der Waals surface area (Å²) in [5.41, 5.74) is 0.839. The van der Waals surface area contributed by atoms with Crippen LogP contribution >= 0.6 is 11.3 Å². The van der Waals surface area contributed by atoms with E-state index in [1.54, 1.807) is 23.6 Å². The lowest BCUT2D eigenvalue weighted by Crippen LogP contribution is -2.26. The molecule has 0 aliphatic rings. The van der Waals surface area contributed by atoms with Gasteiger partial charge < -0.3 is 9.88 Å². The summed E-state index contributed by atoms with van der Waals surface area (Å²) >= 11 is 1.57. The minimum absolute atomic E-state index is 0.0657. The summed E-state index contributed by atoms with van der Waals surface area (Å²) in [5.74, 6) is -0.995. The molecule has 0 unspecified atom stereocenters. The van der Waals surface area contributed by atoms with Crippen LogP contribution < -0.4 is 10.0 Å². The average Bonchev–Trinajstić information content (AvgIpc) is 3.48. The molecular weight excluding hydrogens is 451 g/mol. The molecule has 0 bridgehead atoms. The topological polar surface area (TPSA) is 93.1 Å².